The van der Waals surface area contributed by atoms with Gasteiger partial charge in [0.05, 0.1) is 12.6 Å². The Labute approximate surface area is 130 Å². The molecule has 0 atom stereocenters. The Hall–Kier alpha value is -1.58. The fourth-order valence-corrected chi connectivity index (χ4v) is 4.19. The lowest BCUT2D eigenvalue weighted by Gasteiger charge is -2.08. The summed E-state index contributed by atoms with van der Waals surface area (Å²) in [4.78, 5) is 16.2. The molecule has 0 saturated heterocycles. The Morgan fingerprint density at radius 1 is 1.43 bits per heavy atom. The number of nitrogens with one attached hydrogen (secondary N) is 1. The predicted molar refractivity (Wildman–Crippen MR) is 82.5 cm³/mol. The third-order valence-corrected chi connectivity index (χ3v) is 5.96. The molecule has 0 aliphatic carbocycles. The van der Waals surface area contributed by atoms with Crippen molar-refractivity contribution in [2.45, 2.75) is 9.10 Å². The summed E-state index contributed by atoms with van der Waals surface area (Å²) in [6.45, 7) is 0. The second kappa shape index (κ2) is 6.46. The van der Waals surface area contributed by atoms with Crippen molar-refractivity contribution in [1.29, 1.82) is 0 Å². The molecular weight excluding hydrogens is 332 g/mol. The molecular formula is C12H12N2O4S3. The number of carbonyl (C=O) groups excluding carboxylic acids is 1. The number of sulfonamides is 1. The summed E-state index contributed by atoms with van der Waals surface area (Å²) >= 11 is 2.36. The van der Waals surface area contributed by atoms with Crippen LogP contribution in [0.15, 0.2) is 38.9 Å². The van der Waals surface area contributed by atoms with Gasteiger partial charge in [0.1, 0.15) is 0 Å². The molecule has 112 valence electrons. The van der Waals surface area contributed by atoms with Gasteiger partial charge in [0, 0.05) is 10.6 Å². The zero-order valence-corrected chi connectivity index (χ0v) is 13.6. The molecule has 1 aromatic carbocycles. The van der Waals surface area contributed by atoms with Crippen LogP contribution in [0, 0.1) is 0 Å². The number of thiazole rings is 1. The van der Waals surface area contributed by atoms with Gasteiger partial charge in [0.15, 0.2) is 9.90 Å². The van der Waals surface area contributed by atoms with E-state index in [9.17, 15) is 13.2 Å². The summed E-state index contributed by atoms with van der Waals surface area (Å²) in [7, 11) is -2.71. The van der Waals surface area contributed by atoms with E-state index < -0.39 is 16.0 Å². The minimum absolute atomic E-state index is 0.163. The molecule has 9 heteroatoms. The first-order valence-electron chi connectivity index (χ1n) is 5.66. The Kier molecular flexibility index (Phi) is 4.86. The number of nitrogens with zero attached hydrogens (tertiary/aromatic N) is 1. The van der Waals surface area contributed by atoms with Crippen molar-refractivity contribution in [2.24, 2.45) is 0 Å². The van der Waals surface area contributed by atoms with E-state index in [2.05, 4.69) is 14.4 Å². The molecule has 0 saturated carbocycles. The van der Waals surface area contributed by atoms with Gasteiger partial charge in [-0.25, -0.2) is 18.2 Å². The fourth-order valence-electron chi connectivity index (χ4n) is 1.55. The van der Waals surface area contributed by atoms with Crippen molar-refractivity contribution >= 4 is 44.8 Å². The summed E-state index contributed by atoms with van der Waals surface area (Å²) in [6, 6.07) is 6.96. The molecule has 6 nitrogen and oxygen atoms in total. The average molecular weight is 344 g/mol. The Morgan fingerprint density at radius 3 is 2.86 bits per heavy atom. The van der Waals surface area contributed by atoms with E-state index in [-0.39, 0.29) is 9.90 Å². The van der Waals surface area contributed by atoms with Crippen LogP contribution in [0.25, 0.3) is 0 Å². The number of thioether (sulfide) groups is 1. The number of hydrogen-bond donors (Lipinski definition) is 1. The lowest BCUT2D eigenvalue weighted by Crippen LogP contribution is -2.16. The maximum absolute atomic E-state index is 12.3. The van der Waals surface area contributed by atoms with Gasteiger partial charge < -0.3 is 4.74 Å². The van der Waals surface area contributed by atoms with Gasteiger partial charge in [-0.1, -0.05) is 6.07 Å². The van der Waals surface area contributed by atoms with Gasteiger partial charge in [-0.2, -0.15) is 0 Å². The summed E-state index contributed by atoms with van der Waals surface area (Å²) in [5.41, 5.74) is 1.50. The van der Waals surface area contributed by atoms with Gasteiger partial charge in [-0.15, -0.1) is 23.1 Å². The number of benzene rings is 1. The van der Waals surface area contributed by atoms with Crippen molar-refractivity contribution in [3.05, 3.63) is 35.5 Å². The van der Waals surface area contributed by atoms with Crippen LogP contribution in [0.1, 0.15) is 10.5 Å². The molecule has 1 N–H and O–H groups in total. The molecule has 0 aliphatic heterocycles. The second-order valence-corrected chi connectivity index (χ2v) is 7.43. The lowest BCUT2D eigenvalue weighted by molar-refractivity contribution is 0.0590. The molecule has 0 spiro atoms. The van der Waals surface area contributed by atoms with Crippen LogP contribution >= 0.6 is 23.1 Å². The van der Waals surface area contributed by atoms with Gasteiger partial charge in [0.25, 0.3) is 10.0 Å². The highest BCUT2D eigenvalue weighted by molar-refractivity contribution is 7.98. The van der Waals surface area contributed by atoms with Crippen LogP contribution in [0.4, 0.5) is 5.69 Å². The van der Waals surface area contributed by atoms with Crippen LogP contribution in [-0.2, 0) is 14.8 Å². The third kappa shape index (κ3) is 3.55. The van der Waals surface area contributed by atoms with Gasteiger partial charge in [-0.3, -0.25) is 4.72 Å². The fraction of sp³-hybridized carbons (Fsp3) is 0.167. The molecule has 0 amide bonds. The molecule has 1 heterocycles. The lowest BCUT2D eigenvalue weighted by atomic mass is 10.3. The predicted octanol–water partition coefficient (Wildman–Crippen LogP) is 2.45. The average Bonchev–Trinajstić information content (AvgIpc) is 2.96. The van der Waals surface area contributed by atoms with E-state index in [0.717, 1.165) is 16.2 Å². The molecule has 0 unspecified atom stereocenters. The molecule has 0 aliphatic rings. The molecule has 0 fully saturated rings. The highest BCUT2D eigenvalue weighted by Gasteiger charge is 2.26. The molecule has 0 radical (unpaired) electrons. The minimum atomic E-state index is -3.88. The number of anilines is 1. The van der Waals surface area contributed by atoms with Gasteiger partial charge in [-0.05, 0) is 24.5 Å². The first kappa shape index (κ1) is 15.8. The number of aromatic nitrogens is 1. The zero-order chi connectivity index (χ0) is 15.5. The van der Waals surface area contributed by atoms with Crippen molar-refractivity contribution in [3.8, 4) is 0 Å². The van der Waals surface area contributed by atoms with E-state index >= 15 is 0 Å². The first-order chi connectivity index (χ1) is 9.97. The van der Waals surface area contributed by atoms with E-state index in [4.69, 9.17) is 0 Å². The van der Waals surface area contributed by atoms with Crippen LogP contribution in [0.3, 0.4) is 0 Å². The van der Waals surface area contributed by atoms with E-state index in [1.807, 2.05) is 12.3 Å². The minimum Gasteiger partial charge on any atom is -0.464 e. The molecule has 2 rings (SSSR count). The monoisotopic (exact) mass is 344 g/mol. The third-order valence-electron chi connectivity index (χ3n) is 2.48. The molecule has 1 aromatic heterocycles. The summed E-state index contributed by atoms with van der Waals surface area (Å²) in [5.74, 6) is -0.783. The van der Waals surface area contributed by atoms with Crippen LogP contribution in [0.2, 0.25) is 0 Å². The maximum Gasteiger partial charge on any atom is 0.358 e. The number of ether oxygens (including phenoxy) is 1. The molecule has 2 aromatic rings. The first-order valence-corrected chi connectivity index (χ1v) is 9.25. The highest BCUT2D eigenvalue weighted by atomic mass is 32.2. The number of esters is 1. The van der Waals surface area contributed by atoms with Gasteiger partial charge >= 0.3 is 5.97 Å². The standard InChI is InChI=1S/C12H12N2O4S3/c1-18-11(15)10-12(20-7-13-10)21(16,17)14-8-4-3-5-9(6-8)19-2/h3-7,14H,1-2H3. The highest BCUT2D eigenvalue weighted by Crippen LogP contribution is 2.25. The number of methoxy groups -OCH3 is 1. The number of hydrogen-bond acceptors (Lipinski definition) is 7. The van der Waals surface area contributed by atoms with Crippen LogP contribution < -0.4 is 4.72 Å². The quantitative estimate of drug-likeness (QED) is 0.662. The van der Waals surface area contributed by atoms with Gasteiger partial charge in [0.2, 0.25) is 0 Å². The summed E-state index contributed by atoms with van der Waals surface area (Å²) < 4.78 is 31.5. The zero-order valence-electron chi connectivity index (χ0n) is 11.2. The van der Waals surface area contributed by atoms with E-state index in [0.29, 0.717) is 5.69 Å². The van der Waals surface area contributed by atoms with Crippen molar-refractivity contribution < 1.29 is 17.9 Å². The summed E-state index contributed by atoms with van der Waals surface area (Å²) in [5, 5.41) is 0. The number of carbonyl (C=O) groups is 1. The maximum atomic E-state index is 12.3. The van der Waals surface area contributed by atoms with Crippen LogP contribution in [-0.4, -0.2) is 32.7 Å². The topological polar surface area (TPSA) is 85.4 Å². The molecule has 21 heavy (non-hydrogen) atoms. The molecule has 0 bridgehead atoms. The SMILES string of the molecule is COC(=O)c1ncsc1S(=O)(=O)Nc1cccc(SC)c1. The van der Waals surface area contributed by atoms with Crippen molar-refractivity contribution in [3.63, 3.8) is 0 Å². The normalized spacial score (nSPS) is 11.1. The van der Waals surface area contributed by atoms with E-state index in [1.165, 1.54) is 24.4 Å². The van der Waals surface area contributed by atoms with E-state index in [1.54, 1.807) is 18.2 Å². The van der Waals surface area contributed by atoms with Crippen molar-refractivity contribution in [1.82, 2.24) is 4.98 Å². The summed E-state index contributed by atoms with van der Waals surface area (Å²) in [6.07, 6.45) is 1.90. The van der Waals surface area contributed by atoms with Crippen molar-refractivity contribution in [2.75, 3.05) is 18.1 Å². The Bertz CT molecular complexity index is 755. The largest absolute Gasteiger partial charge is 0.464 e. The Morgan fingerprint density at radius 2 is 2.19 bits per heavy atom. The smallest absolute Gasteiger partial charge is 0.358 e. The second-order valence-electron chi connectivity index (χ2n) is 3.82. The van der Waals surface area contributed by atoms with Crippen LogP contribution in [0.5, 0.6) is 0 Å². The Balaban J connectivity index is 2.34. The number of rotatable bonds is 5.